The third-order valence-corrected chi connectivity index (χ3v) is 3.51. The lowest BCUT2D eigenvalue weighted by molar-refractivity contribution is 0.475. The number of aromatic hydroxyl groups is 1. The maximum atomic E-state index is 13.1. The maximum absolute atomic E-state index is 13.1. The fourth-order valence-electron chi connectivity index (χ4n) is 1.66. The topological polar surface area (TPSA) is 33.1 Å². The summed E-state index contributed by atoms with van der Waals surface area (Å²) in [6.45, 7) is 0. The predicted molar refractivity (Wildman–Crippen MR) is 66.7 cm³/mol. The normalized spacial score (nSPS) is 10.9. The molecule has 0 fully saturated rings. The van der Waals surface area contributed by atoms with Crippen molar-refractivity contribution in [1.82, 2.24) is 4.98 Å². The number of thiazole rings is 1. The summed E-state index contributed by atoms with van der Waals surface area (Å²) in [5.74, 6) is -0.0588. The number of phenols is 1. The fourth-order valence-corrected chi connectivity index (χ4v) is 2.65. The molecule has 4 heteroatoms. The summed E-state index contributed by atoms with van der Waals surface area (Å²) in [4.78, 5) is 4.41. The van der Waals surface area contributed by atoms with Gasteiger partial charge in [-0.3, -0.25) is 0 Å². The lowest BCUT2D eigenvalue weighted by Crippen LogP contribution is -1.75. The van der Waals surface area contributed by atoms with Gasteiger partial charge in [-0.05, 0) is 30.3 Å². The number of halogens is 1. The molecule has 1 N–H and O–H groups in total. The highest BCUT2D eigenvalue weighted by Gasteiger charge is 2.07. The van der Waals surface area contributed by atoms with Crippen LogP contribution in [0.3, 0.4) is 0 Å². The van der Waals surface area contributed by atoms with E-state index in [0.29, 0.717) is 0 Å². The molecule has 84 valence electrons. The van der Waals surface area contributed by atoms with Gasteiger partial charge >= 0.3 is 0 Å². The quantitative estimate of drug-likeness (QED) is 0.707. The second kappa shape index (κ2) is 3.82. The van der Waals surface area contributed by atoms with Crippen LogP contribution in [0.2, 0.25) is 0 Å². The second-order valence-corrected chi connectivity index (χ2v) is 4.71. The monoisotopic (exact) mass is 245 g/mol. The van der Waals surface area contributed by atoms with E-state index in [2.05, 4.69) is 4.98 Å². The number of hydrogen-bond acceptors (Lipinski definition) is 3. The maximum Gasteiger partial charge on any atom is 0.124 e. The van der Waals surface area contributed by atoms with E-state index in [-0.39, 0.29) is 11.6 Å². The summed E-state index contributed by atoms with van der Waals surface area (Å²) in [5, 5.41) is 10.2. The van der Waals surface area contributed by atoms with Crippen molar-refractivity contribution in [3.05, 3.63) is 48.3 Å². The summed E-state index contributed by atoms with van der Waals surface area (Å²) < 4.78 is 13.9. The summed E-state index contributed by atoms with van der Waals surface area (Å²) in [6, 6.07) is 11.4. The Labute approximate surface area is 101 Å². The minimum Gasteiger partial charge on any atom is -0.508 e. The minimum atomic E-state index is -0.261. The van der Waals surface area contributed by atoms with Gasteiger partial charge in [0.05, 0.1) is 10.2 Å². The van der Waals surface area contributed by atoms with E-state index in [0.717, 1.165) is 20.8 Å². The highest BCUT2D eigenvalue weighted by atomic mass is 32.1. The molecule has 0 aliphatic carbocycles. The molecule has 0 spiro atoms. The molecule has 0 aliphatic heterocycles. The molecule has 0 aliphatic rings. The molecule has 0 bridgehead atoms. The lowest BCUT2D eigenvalue weighted by atomic mass is 10.2. The van der Waals surface area contributed by atoms with E-state index in [4.69, 9.17) is 0 Å². The average Bonchev–Trinajstić information content (AvgIpc) is 2.72. The minimum absolute atomic E-state index is 0.202. The Morgan fingerprint density at radius 3 is 2.82 bits per heavy atom. The number of hydrogen-bond donors (Lipinski definition) is 1. The number of aromatic nitrogens is 1. The van der Waals surface area contributed by atoms with Gasteiger partial charge < -0.3 is 5.11 Å². The first-order valence-electron chi connectivity index (χ1n) is 5.08. The van der Waals surface area contributed by atoms with Crippen LogP contribution in [-0.4, -0.2) is 10.1 Å². The highest BCUT2D eigenvalue weighted by Crippen LogP contribution is 2.31. The largest absolute Gasteiger partial charge is 0.508 e. The highest BCUT2D eigenvalue weighted by molar-refractivity contribution is 7.21. The molecular weight excluding hydrogens is 237 g/mol. The molecule has 0 unspecified atom stereocenters. The zero-order chi connectivity index (χ0) is 11.8. The Hall–Kier alpha value is -1.94. The van der Waals surface area contributed by atoms with Gasteiger partial charge in [-0.2, -0.15) is 0 Å². The third-order valence-electron chi connectivity index (χ3n) is 2.44. The number of phenolic OH excluding ortho intramolecular Hbond substituents is 1. The van der Waals surface area contributed by atoms with Crippen molar-refractivity contribution in [1.29, 1.82) is 0 Å². The van der Waals surface area contributed by atoms with Crippen LogP contribution in [0.15, 0.2) is 42.5 Å². The van der Waals surface area contributed by atoms with Gasteiger partial charge in [0.25, 0.3) is 0 Å². The Balaban J connectivity index is 2.18. The molecule has 17 heavy (non-hydrogen) atoms. The molecule has 0 amide bonds. The van der Waals surface area contributed by atoms with E-state index >= 15 is 0 Å². The van der Waals surface area contributed by atoms with E-state index in [1.807, 2.05) is 6.07 Å². The van der Waals surface area contributed by atoms with E-state index < -0.39 is 0 Å². The van der Waals surface area contributed by atoms with E-state index in [9.17, 15) is 9.50 Å². The summed E-state index contributed by atoms with van der Waals surface area (Å²) >= 11 is 1.41. The fraction of sp³-hybridized carbons (Fsp3) is 0. The van der Waals surface area contributed by atoms with Gasteiger partial charge in [-0.1, -0.05) is 12.1 Å². The molecule has 0 atom stereocenters. The van der Waals surface area contributed by atoms with Crippen molar-refractivity contribution >= 4 is 21.6 Å². The smallest absolute Gasteiger partial charge is 0.124 e. The zero-order valence-electron chi connectivity index (χ0n) is 8.72. The Bertz CT molecular complexity index is 693. The SMILES string of the molecule is Oc1cccc(-c2nc3ccc(F)cc3s2)c1. The molecule has 0 saturated carbocycles. The molecule has 2 aromatic carbocycles. The van der Waals surface area contributed by atoms with Crippen LogP contribution in [0.5, 0.6) is 5.75 Å². The average molecular weight is 245 g/mol. The number of nitrogens with zero attached hydrogens (tertiary/aromatic N) is 1. The van der Waals surface area contributed by atoms with Crippen molar-refractivity contribution in [3.63, 3.8) is 0 Å². The van der Waals surface area contributed by atoms with Crippen LogP contribution in [0.4, 0.5) is 4.39 Å². The van der Waals surface area contributed by atoms with Gasteiger partial charge in [0.1, 0.15) is 16.6 Å². The molecule has 1 heterocycles. The first kappa shape index (κ1) is 10.2. The van der Waals surface area contributed by atoms with Gasteiger partial charge in [0, 0.05) is 5.56 Å². The Kier molecular flexibility index (Phi) is 2.30. The molecular formula is C13H8FNOS. The van der Waals surface area contributed by atoms with Crippen molar-refractivity contribution < 1.29 is 9.50 Å². The molecule has 1 aromatic heterocycles. The second-order valence-electron chi connectivity index (χ2n) is 3.68. The predicted octanol–water partition coefficient (Wildman–Crippen LogP) is 3.81. The first-order valence-corrected chi connectivity index (χ1v) is 5.89. The van der Waals surface area contributed by atoms with Gasteiger partial charge in [-0.15, -0.1) is 11.3 Å². The molecule has 3 rings (SSSR count). The van der Waals surface area contributed by atoms with Crippen LogP contribution < -0.4 is 0 Å². The Morgan fingerprint density at radius 2 is 2.00 bits per heavy atom. The van der Waals surface area contributed by atoms with Crippen LogP contribution in [0.25, 0.3) is 20.8 Å². The molecule has 2 nitrogen and oxygen atoms in total. The van der Waals surface area contributed by atoms with Crippen molar-refractivity contribution in [2.24, 2.45) is 0 Å². The molecule has 0 radical (unpaired) electrons. The summed E-state index contributed by atoms with van der Waals surface area (Å²) in [7, 11) is 0. The standard InChI is InChI=1S/C13H8FNOS/c14-9-4-5-11-12(7-9)17-13(15-11)8-2-1-3-10(16)6-8/h1-7,16H. The van der Waals surface area contributed by atoms with Crippen LogP contribution in [-0.2, 0) is 0 Å². The lowest BCUT2D eigenvalue weighted by Gasteiger charge is -1.95. The van der Waals surface area contributed by atoms with Crippen molar-refractivity contribution in [2.45, 2.75) is 0 Å². The summed E-state index contributed by atoms with van der Waals surface area (Å²) in [6.07, 6.45) is 0. The van der Waals surface area contributed by atoms with E-state index in [1.54, 1.807) is 24.3 Å². The van der Waals surface area contributed by atoms with Crippen molar-refractivity contribution in [3.8, 4) is 16.3 Å². The Morgan fingerprint density at radius 1 is 1.12 bits per heavy atom. The third kappa shape index (κ3) is 1.87. The van der Waals surface area contributed by atoms with Gasteiger partial charge in [0.15, 0.2) is 0 Å². The van der Waals surface area contributed by atoms with Gasteiger partial charge in [-0.25, -0.2) is 9.37 Å². The van der Waals surface area contributed by atoms with Gasteiger partial charge in [0.2, 0.25) is 0 Å². The van der Waals surface area contributed by atoms with Crippen LogP contribution in [0, 0.1) is 5.82 Å². The van der Waals surface area contributed by atoms with E-state index in [1.165, 1.54) is 23.5 Å². The number of benzene rings is 2. The summed E-state index contributed by atoms with van der Waals surface area (Å²) in [5.41, 5.74) is 1.61. The van der Waals surface area contributed by atoms with Crippen LogP contribution in [0.1, 0.15) is 0 Å². The number of rotatable bonds is 1. The zero-order valence-corrected chi connectivity index (χ0v) is 9.54. The molecule has 3 aromatic rings. The molecule has 0 saturated heterocycles. The number of fused-ring (bicyclic) bond motifs is 1. The van der Waals surface area contributed by atoms with Crippen molar-refractivity contribution in [2.75, 3.05) is 0 Å². The first-order chi connectivity index (χ1) is 8.22. The van der Waals surface area contributed by atoms with Crippen LogP contribution >= 0.6 is 11.3 Å².